The highest BCUT2D eigenvalue weighted by Gasteiger charge is 2.22. The fraction of sp³-hybridized carbons (Fsp3) is 0.562. The molecule has 1 amide bonds. The average Bonchev–Trinajstić information content (AvgIpc) is 2.46. The smallest absolute Gasteiger partial charge is 0.253 e. The molecular formula is C16H23NO2. The molecule has 1 aromatic rings. The van der Waals surface area contributed by atoms with E-state index in [1.807, 2.05) is 17.0 Å². The highest BCUT2D eigenvalue weighted by Crippen LogP contribution is 2.20. The van der Waals surface area contributed by atoms with E-state index < -0.39 is 0 Å². The molecule has 104 valence electrons. The van der Waals surface area contributed by atoms with Gasteiger partial charge in [-0.2, -0.15) is 0 Å². The van der Waals surface area contributed by atoms with Gasteiger partial charge >= 0.3 is 0 Å². The summed E-state index contributed by atoms with van der Waals surface area (Å²) in [5.41, 5.74) is 2.04. The summed E-state index contributed by atoms with van der Waals surface area (Å²) in [7, 11) is 0. The van der Waals surface area contributed by atoms with Crippen LogP contribution in [0.1, 0.15) is 54.9 Å². The van der Waals surface area contributed by atoms with Crippen LogP contribution in [0.3, 0.4) is 0 Å². The lowest BCUT2D eigenvalue weighted by molar-refractivity contribution is 0.0546. The van der Waals surface area contributed by atoms with E-state index in [4.69, 9.17) is 0 Å². The van der Waals surface area contributed by atoms with Gasteiger partial charge < -0.3 is 10.0 Å². The van der Waals surface area contributed by atoms with Crippen LogP contribution in [0.5, 0.6) is 0 Å². The third kappa shape index (κ3) is 3.35. The summed E-state index contributed by atoms with van der Waals surface area (Å²) in [4.78, 5) is 14.1. The SMILES string of the molecule is CCC(C)c1ccc(C(=O)N2CCC(O)CC2)cc1. The minimum absolute atomic E-state index is 0.0857. The first kappa shape index (κ1) is 14.1. The molecule has 1 aliphatic rings. The standard InChI is InChI=1S/C16H23NO2/c1-3-12(2)13-4-6-14(7-5-13)16(19)17-10-8-15(18)9-11-17/h4-7,12,15,18H,3,8-11H2,1-2H3. The first-order chi connectivity index (χ1) is 9.11. The average molecular weight is 261 g/mol. The molecule has 0 aliphatic carbocycles. The minimum atomic E-state index is -0.239. The van der Waals surface area contributed by atoms with Crippen molar-refractivity contribution in [1.82, 2.24) is 4.90 Å². The molecule has 0 spiro atoms. The van der Waals surface area contributed by atoms with Crippen LogP contribution in [0.25, 0.3) is 0 Å². The summed E-state index contributed by atoms with van der Waals surface area (Å²) in [6.45, 7) is 5.69. The Hall–Kier alpha value is -1.35. The molecule has 1 N–H and O–H groups in total. The quantitative estimate of drug-likeness (QED) is 0.909. The van der Waals surface area contributed by atoms with Gasteiger partial charge in [-0.15, -0.1) is 0 Å². The summed E-state index contributed by atoms with van der Waals surface area (Å²) < 4.78 is 0. The lowest BCUT2D eigenvalue weighted by atomic mass is 9.97. The molecule has 1 aliphatic heterocycles. The highest BCUT2D eigenvalue weighted by molar-refractivity contribution is 5.94. The molecule has 0 bridgehead atoms. The Morgan fingerprint density at radius 3 is 2.42 bits per heavy atom. The molecule has 2 rings (SSSR count). The normalized spacial score (nSPS) is 18.4. The fourth-order valence-corrected chi connectivity index (χ4v) is 2.44. The number of hydrogen-bond acceptors (Lipinski definition) is 2. The molecule has 19 heavy (non-hydrogen) atoms. The van der Waals surface area contributed by atoms with Gasteiger partial charge in [0.25, 0.3) is 5.91 Å². The lowest BCUT2D eigenvalue weighted by Gasteiger charge is -2.29. The number of aliphatic hydroxyl groups is 1. The predicted octanol–water partition coefficient (Wildman–Crippen LogP) is 2.80. The molecule has 0 saturated carbocycles. The van der Waals surface area contributed by atoms with Crippen LogP contribution in [0.4, 0.5) is 0 Å². The summed E-state index contributed by atoms with van der Waals surface area (Å²) in [6.07, 6.45) is 2.25. The Morgan fingerprint density at radius 1 is 1.32 bits per heavy atom. The third-order valence-corrected chi connectivity index (χ3v) is 4.09. The van der Waals surface area contributed by atoms with Crippen LogP contribution in [0, 0.1) is 0 Å². The fourth-order valence-electron chi connectivity index (χ4n) is 2.44. The van der Waals surface area contributed by atoms with Crippen LogP contribution in [-0.2, 0) is 0 Å². The van der Waals surface area contributed by atoms with E-state index in [0.717, 1.165) is 12.0 Å². The van der Waals surface area contributed by atoms with Crippen molar-refractivity contribution in [3.8, 4) is 0 Å². The Bertz CT molecular complexity index is 419. The van der Waals surface area contributed by atoms with Crippen molar-refractivity contribution in [3.63, 3.8) is 0 Å². The largest absolute Gasteiger partial charge is 0.393 e. The first-order valence-corrected chi connectivity index (χ1v) is 7.19. The number of amides is 1. The van der Waals surface area contributed by atoms with Crippen molar-refractivity contribution in [3.05, 3.63) is 35.4 Å². The maximum Gasteiger partial charge on any atom is 0.253 e. The van der Waals surface area contributed by atoms with E-state index in [1.165, 1.54) is 5.56 Å². The van der Waals surface area contributed by atoms with Crippen molar-refractivity contribution in [2.24, 2.45) is 0 Å². The van der Waals surface area contributed by atoms with E-state index in [-0.39, 0.29) is 12.0 Å². The minimum Gasteiger partial charge on any atom is -0.393 e. The van der Waals surface area contributed by atoms with Gasteiger partial charge in [-0.1, -0.05) is 26.0 Å². The van der Waals surface area contributed by atoms with E-state index >= 15 is 0 Å². The zero-order chi connectivity index (χ0) is 13.8. The monoisotopic (exact) mass is 261 g/mol. The molecule has 1 fully saturated rings. The van der Waals surface area contributed by atoms with Crippen molar-refractivity contribution >= 4 is 5.91 Å². The van der Waals surface area contributed by atoms with Gasteiger partial charge in [0.2, 0.25) is 0 Å². The number of aliphatic hydroxyl groups excluding tert-OH is 1. The molecule has 1 saturated heterocycles. The summed E-state index contributed by atoms with van der Waals surface area (Å²) in [5.74, 6) is 0.622. The second kappa shape index (κ2) is 6.20. The van der Waals surface area contributed by atoms with Gasteiger partial charge in [-0.3, -0.25) is 4.79 Å². The Labute approximate surface area is 115 Å². The predicted molar refractivity (Wildman–Crippen MR) is 76.3 cm³/mol. The zero-order valence-corrected chi connectivity index (χ0v) is 11.8. The zero-order valence-electron chi connectivity index (χ0n) is 11.8. The molecule has 0 radical (unpaired) electrons. The number of benzene rings is 1. The van der Waals surface area contributed by atoms with Crippen LogP contribution < -0.4 is 0 Å². The van der Waals surface area contributed by atoms with Crippen LogP contribution >= 0.6 is 0 Å². The number of likely N-dealkylation sites (tertiary alicyclic amines) is 1. The van der Waals surface area contributed by atoms with E-state index in [0.29, 0.717) is 31.8 Å². The molecule has 1 aromatic carbocycles. The molecule has 0 aromatic heterocycles. The third-order valence-electron chi connectivity index (χ3n) is 4.09. The topological polar surface area (TPSA) is 40.5 Å². The lowest BCUT2D eigenvalue weighted by Crippen LogP contribution is -2.40. The van der Waals surface area contributed by atoms with Gasteiger partial charge in [0.15, 0.2) is 0 Å². The van der Waals surface area contributed by atoms with E-state index in [9.17, 15) is 9.90 Å². The van der Waals surface area contributed by atoms with Gasteiger partial charge in [-0.05, 0) is 42.9 Å². The number of hydrogen-bond donors (Lipinski definition) is 1. The number of carbonyl (C=O) groups is 1. The van der Waals surface area contributed by atoms with Gasteiger partial charge in [0.05, 0.1) is 6.10 Å². The van der Waals surface area contributed by atoms with E-state index in [2.05, 4.69) is 26.0 Å². The second-order valence-electron chi connectivity index (χ2n) is 5.45. The number of carbonyl (C=O) groups excluding carboxylic acids is 1. The molecule has 1 atom stereocenters. The van der Waals surface area contributed by atoms with Crippen LogP contribution in [-0.4, -0.2) is 35.1 Å². The molecule has 1 unspecified atom stereocenters. The summed E-state index contributed by atoms with van der Waals surface area (Å²) >= 11 is 0. The molecule has 1 heterocycles. The number of rotatable bonds is 3. The van der Waals surface area contributed by atoms with Crippen LogP contribution in [0.2, 0.25) is 0 Å². The molecule has 3 nitrogen and oxygen atoms in total. The Balaban J connectivity index is 2.03. The number of piperidine rings is 1. The summed E-state index contributed by atoms with van der Waals surface area (Å²) in [6, 6.07) is 7.96. The molecule has 3 heteroatoms. The summed E-state index contributed by atoms with van der Waals surface area (Å²) in [5, 5.41) is 9.47. The Morgan fingerprint density at radius 2 is 1.89 bits per heavy atom. The van der Waals surface area contributed by atoms with Gasteiger partial charge in [0.1, 0.15) is 0 Å². The van der Waals surface area contributed by atoms with Gasteiger partial charge in [-0.25, -0.2) is 0 Å². The first-order valence-electron chi connectivity index (χ1n) is 7.19. The van der Waals surface area contributed by atoms with Crippen molar-refractivity contribution in [2.45, 2.75) is 45.1 Å². The Kier molecular flexibility index (Phi) is 4.59. The van der Waals surface area contributed by atoms with Crippen molar-refractivity contribution in [2.75, 3.05) is 13.1 Å². The van der Waals surface area contributed by atoms with Crippen molar-refractivity contribution in [1.29, 1.82) is 0 Å². The highest BCUT2D eigenvalue weighted by atomic mass is 16.3. The van der Waals surface area contributed by atoms with Crippen molar-refractivity contribution < 1.29 is 9.90 Å². The maximum absolute atomic E-state index is 12.3. The maximum atomic E-state index is 12.3. The number of nitrogens with zero attached hydrogens (tertiary/aromatic N) is 1. The second-order valence-corrected chi connectivity index (χ2v) is 5.45. The molecular weight excluding hydrogens is 238 g/mol. The van der Waals surface area contributed by atoms with E-state index in [1.54, 1.807) is 0 Å². The van der Waals surface area contributed by atoms with Crippen LogP contribution in [0.15, 0.2) is 24.3 Å². The van der Waals surface area contributed by atoms with Gasteiger partial charge in [0, 0.05) is 18.7 Å².